The average Bonchev–Trinajstić information content (AvgIpc) is 2.87. The van der Waals surface area contributed by atoms with Crippen molar-refractivity contribution in [3.05, 3.63) is 46.5 Å². The summed E-state index contributed by atoms with van der Waals surface area (Å²) in [5.41, 5.74) is 2.27. The third-order valence-corrected chi connectivity index (χ3v) is 3.37. The van der Waals surface area contributed by atoms with Gasteiger partial charge in [0.2, 0.25) is 12.1 Å². The minimum absolute atomic E-state index is 0.0562. The van der Waals surface area contributed by atoms with Crippen LogP contribution in [-0.2, 0) is 9.47 Å². The quantitative estimate of drug-likeness (QED) is 0.789. The summed E-state index contributed by atoms with van der Waals surface area (Å²) < 4.78 is 16.4. The molecule has 0 aliphatic heterocycles. The second-order valence-corrected chi connectivity index (χ2v) is 5.48. The lowest BCUT2D eigenvalue weighted by Gasteiger charge is -2.11. The van der Waals surface area contributed by atoms with E-state index in [9.17, 15) is 9.59 Å². The molecule has 1 atom stereocenters. The number of nitrogens with zero attached hydrogens (tertiary/aromatic N) is 3. The minimum Gasteiger partial charge on any atom is -0.435 e. The molecule has 0 fully saturated rings. The minimum atomic E-state index is -0.845. The maximum Gasteiger partial charge on any atom is 0.510 e. The van der Waals surface area contributed by atoms with Crippen molar-refractivity contribution < 1.29 is 23.5 Å². The van der Waals surface area contributed by atoms with E-state index in [1.807, 2.05) is 26.0 Å². The van der Waals surface area contributed by atoms with Gasteiger partial charge in [-0.15, -0.1) is 5.10 Å². The van der Waals surface area contributed by atoms with Crippen molar-refractivity contribution in [3.63, 3.8) is 0 Å². The molecule has 0 saturated heterocycles. The van der Waals surface area contributed by atoms with Crippen molar-refractivity contribution in [2.75, 3.05) is 6.61 Å². The molecule has 8 nitrogen and oxygen atoms in total. The highest BCUT2D eigenvalue weighted by Gasteiger charge is 2.18. The third kappa shape index (κ3) is 4.56. The summed E-state index contributed by atoms with van der Waals surface area (Å²) in [6.45, 7) is 8.81. The van der Waals surface area contributed by atoms with Crippen molar-refractivity contribution >= 4 is 12.1 Å². The van der Waals surface area contributed by atoms with Gasteiger partial charge in [-0.05, 0) is 39.3 Å². The number of carbonyl (C=O) groups is 2. The largest absolute Gasteiger partial charge is 0.510 e. The van der Waals surface area contributed by atoms with Crippen LogP contribution in [0.2, 0.25) is 0 Å². The van der Waals surface area contributed by atoms with Crippen molar-refractivity contribution in [2.45, 2.75) is 40.8 Å². The van der Waals surface area contributed by atoms with E-state index in [1.165, 1.54) is 4.68 Å². The van der Waals surface area contributed by atoms with Crippen LogP contribution in [0.1, 0.15) is 47.5 Å². The number of ether oxygens (including phenoxy) is 2. The highest BCUT2D eigenvalue weighted by atomic mass is 16.7. The zero-order valence-electron chi connectivity index (χ0n) is 14.9. The SMILES string of the molecule is CCOC(=O)OC(C)n1nc(C)oc1=NC(=O)c1ccc(C)cc1C. The molecule has 1 amide bonds. The predicted octanol–water partition coefficient (Wildman–Crippen LogP) is 2.83. The lowest BCUT2D eigenvalue weighted by atomic mass is 10.1. The Morgan fingerprint density at radius 2 is 2.04 bits per heavy atom. The maximum atomic E-state index is 12.5. The molecule has 134 valence electrons. The van der Waals surface area contributed by atoms with Gasteiger partial charge in [0, 0.05) is 12.5 Å². The second-order valence-electron chi connectivity index (χ2n) is 5.48. The molecule has 0 N–H and O–H groups in total. The molecule has 0 spiro atoms. The van der Waals surface area contributed by atoms with E-state index in [0.29, 0.717) is 5.56 Å². The molecule has 0 radical (unpaired) electrons. The molecule has 8 heteroatoms. The Balaban J connectivity index is 2.34. The van der Waals surface area contributed by atoms with Crippen LogP contribution >= 0.6 is 0 Å². The first kappa shape index (κ1) is 18.4. The lowest BCUT2D eigenvalue weighted by Crippen LogP contribution is -2.26. The molecule has 0 bridgehead atoms. The molecule has 2 rings (SSSR count). The van der Waals surface area contributed by atoms with Gasteiger partial charge in [0.1, 0.15) is 0 Å². The molecule has 0 saturated carbocycles. The van der Waals surface area contributed by atoms with E-state index in [1.54, 1.807) is 26.8 Å². The molecule has 1 aromatic heterocycles. The first-order chi connectivity index (χ1) is 11.8. The van der Waals surface area contributed by atoms with Gasteiger partial charge in [0.25, 0.3) is 5.91 Å². The molecule has 0 aliphatic carbocycles. The van der Waals surface area contributed by atoms with E-state index >= 15 is 0 Å². The summed E-state index contributed by atoms with van der Waals surface area (Å²) in [5.74, 6) is -0.183. The van der Waals surface area contributed by atoms with Crippen molar-refractivity contribution in [3.8, 4) is 0 Å². The van der Waals surface area contributed by atoms with Crippen molar-refractivity contribution in [1.82, 2.24) is 9.78 Å². The van der Waals surface area contributed by atoms with E-state index in [4.69, 9.17) is 13.9 Å². The number of amides is 1. The Kier molecular flexibility index (Phi) is 5.74. The molecule has 2 aromatic rings. The van der Waals surface area contributed by atoms with Gasteiger partial charge >= 0.3 is 11.8 Å². The van der Waals surface area contributed by atoms with E-state index in [2.05, 4.69) is 10.1 Å². The fourth-order valence-electron chi connectivity index (χ4n) is 2.25. The normalized spacial score (nSPS) is 12.8. The number of rotatable bonds is 4. The number of benzene rings is 1. The third-order valence-electron chi connectivity index (χ3n) is 3.37. The standard InChI is InChI=1S/C17H21N3O5/c1-6-23-17(22)25-13(5)20-16(24-12(4)19-20)18-15(21)14-8-7-10(2)9-11(14)3/h7-9,13H,6H2,1-5H3. The monoisotopic (exact) mass is 347 g/mol. The number of aromatic nitrogens is 2. The highest BCUT2D eigenvalue weighted by Crippen LogP contribution is 2.12. The van der Waals surface area contributed by atoms with Crippen LogP contribution in [0.5, 0.6) is 0 Å². The van der Waals surface area contributed by atoms with Crippen LogP contribution in [0.4, 0.5) is 4.79 Å². The van der Waals surface area contributed by atoms with E-state index in [0.717, 1.165) is 11.1 Å². The first-order valence-electron chi connectivity index (χ1n) is 7.87. The van der Waals surface area contributed by atoms with Gasteiger partial charge in [-0.3, -0.25) is 4.79 Å². The molecule has 25 heavy (non-hydrogen) atoms. The van der Waals surface area contributed by atoms with Gasteiger partial charge in [-0.2, -0.15) is 9.67 Å². The summed E-state index contributed by atoms with van der Waals surface area (Å²) in [4.78, 5) is 27.9. The highest BCUT2D eigenvalue weighted by molar-refractivity contribution is 5.96. The van der Waals surface area contributed by atoms with Crippen LogP contribution in [-0.4, -0.2) is 28.4 Å². The number of aryl methyl sites for hydroxylation is 3. The maximum absolute atomic E-state index is 12.5. The lowest BCUT2D eigenvalue weighted by molar-refractivity contribution is -0.00150. The zero-order chi connectivity index (χ0) is 18.6. The Morgan fingerprint density at radius 1 is 1.32 bits per heavy atom. The van der Waals surface area contributed by atoms with Gasteiger partial charge in [0.05, 0.1) is 6.61 Å². The van der Waals surface area contributed by atoms with Crippen LogP contribution in [0.3, 0.4) is 0 Å². The Bertz CT molecular complexity index is 850. The topological polar surface area (TPSA) is 95.9 Å². The van der Waals surface area contributed by atoms with Crippen molar-refractivity contribution in [2.24, 2.45) is 4.99 Å². The molecule has 1 unspecified atom stereocenters. The Labute approximate surface area is 145 Å². The van der Waals surface area contributed by atoms with Gasteiger partial charge in [0.15, 0.2) is 0 Å². The zero-order valence-corrected chi connectivity index (χ0v) is 14.9. The predicted molar refractivity (Wildman–Crippen MR) is 87.9 cm³/mol. The van der Waals surface area contributed by atoms with Crippen LogP contribution in [0.25, 0.3) is 0 Å². The van der Waals surface area contributed by atoms with E-state index < -0.39 is 18.3 Å². The Hall–Kier alpha value is -2.90. The molecule has 1 aromatic carbocycles. The molecular weight excluding hydrogens is 326 g/mol. The number of carbonyl (C=O) groups excluding carboxylic acids is 2. The summed E-state index contributed by atoms with van der Waals surface area (Å²) >= 11 is 0. The van der Waals surface area contributed by atoms with E-state index in [-0.39, 0.29) is 18.2 Å². The van der Waals surface area contributed by atoms with Gasteiger partial charge in [-0.1, -0.05) is 17.7 Å². The number of hydrogen-bond donors (Lipinski definition) is 0. The summed E-state index contributed by atoms with van der Waals surface area (Å²) in [5, 5.41) is 4.08. The van der Waals surface area contributed by atoms with Gasteiger partial charge < -0.3 is 13.9 Å². The molecule has 0 aliphatic rings. The molecular formula is C17H21N3O5. The van der Waals surface area contributed by atoms with Gasteiger partial charge in [-0.25, -0.2) is 4.79 Å². The second kappa shape index (κ2) is 7.78. The smallest absolute Gasteiger partial charge is 0.435 e. The first-order valence-corrected chi connectivity index (χ1v) is 7.87. The average molecular weight is 347 g/mol. The van der Waals surface area contributed by atoms with Crippen LogP contribution in [0.15, 0.2) is 27.6 Å². The van der Waals surface area contributed by atoms with Crippen LogP contribution < -0.4 is 5.68 Å². The summed E-state index contributed by atoms with van der Waals surface area (Å²) in [7, 11) is 0. The summed E-state index contributed by atoms with van der Waals surface area (Å²) in [6.07, 6.45) is -1.68. The van der Waals surface area contributed by atoms with Crippen molar-refractivity contribution in [1.29, 1.82) is 0 Å². The fraction of sp³-hybridized carbons (Fsp3) is 0.412. The summed E-state index contributed by atoms with van der Waals surface area (Å²) in [6, 6.07) is 5.44. The fourth-order valence-corrected chi connectivity index (χ4v) is 2.25. The van der Waals surface area contributed by atoms with Crippen LogP contribution in [0, 0.1) is 20.8 Å². The Morgan fingerprint density at radius 3 is 2.68 bits per heavy atom. The number of hydrogen-bond acceptors (Lipinski definition) is 6. The molecule has 1 heterocycles.